The van der Waals surface area contributed by atoms with Gasteiger partial charge in [0.05, 0.1) is 6.10 Å². The largest absolute Gasteiger partial charge is 0.381 e. The molecule has 0 amide bonds. The fraction of sp³-hybridized carbons (Fsp3) is 1.00. The highest BCUT2D eigenvalue weighted by atomic mass is 16.5. The maximum absolute atomic E-state index is 5.53. The van der Waals surface area contributed by atoms with Crippen molar-refractivity contribution >= 4 is 0 Å². The van der Waals surface area contributed by atoms with E-state index in [4.69, 9.17) is 4.74 Å². The van der Waals surface area contributed by atoms with Crippen LogP contribution in [0, 0.1) is 5.92 Å². The van der Waals surface area contributed by atoms with Gasteiger partial charge in [-0.15, -0.1) is 0 Å². The highest BCUT2D eigenvalue weighted by Crippen LogP contribution is 2.28. The molecule has 1 aliphatic rings. The second-order valence-corrected chi connectivity index (χ2v) is 4.72. The Hall–Kier alpha value is -0.0800. The van der Waals surface area contributed by atoms with Crippen molar-refractivity contribution in [2.45, 2.75) is 58.1 Å². The van der Waals surface area contributed by atoms with Gasteiger partial charge in [-0.05, 0) is 31.7 Å². The fourth-order valence-electron chi connectivity index (χ4n) is 2.37. The van der Waals surface area contributed by atoms with Crippen molar-refractivity contribution in [3.05, 3.63) is 0 Å². The average Bonchev–Trinajstić information content (AvgIpc) is 2.18. The fourth-order valence-corrected chi connectivity index (χ4v) is 2.37. The molecule has 2 atom stereocenters. The molecule has 1 rings (SSSR count). The van der Waals surface area contributed by atoms with Crippen molar-refractivity contribution in [1.29, 1.82) is 0 Å². The van der Waals surface area contributed by atoms with Crippen molar-refractivity contribution in [3.63, 3.8) is 0 Å². The molecule has 0 unspecified atom stereocenters. The zero-order valence-corrected chi connectivity index (χ0v) is 9.88. The molecule has 1 aliphatic carbocycles. The lowest BCUT2D eigenvalue weighted by molar-refractivity contribution is 0.0204. The average molecular weight is 199 g/mol. The van der Waals surface area contributed by atoms with E-state index in [1.54, 1.807) is 0 Å². The second kappa shape index (κ2) is 6.41. The van der Waals surface area contributed by atoms with Crippen LogP contribution in [0.5, 0.6) is 0 Å². The topological polar surface area (TPSA) is 21.3 Å². The van der Waals surface area contributed by atoms with Crippen molar-refractivity contribution in [1.82, 2.24) is 5.32 Å². The van der Waals surface area contributed by atoms with Gasteiger partial charge in [0, 0.05) is 13.2 Å². The van der Waals surface area contributed by atoms with Gasteiger partial charge in [-0.1, -0.05) is 26.7 Å². The van der Waals surface area contributed by atoms with E-state index in [9.17, 15) is 0 Å². The Labute approximate surface area is 88.4 Å². The lowest BCUT2D eigenvalue weighted by atomic mass is 9.84. The van der Waals surface area contributed by atoms with E-state index < -0.39 is 0 Å². The Balaban J connectivity index is 2.19. The molecule has 1 fully saturated rings. The lowest BCUT2D eigenvalue weighted by Crippen LogP contribution is -2.31. The third-order valence-corrected chi connectivity index (χ3v) is 3.21. The predicted octanol–water partition coefficient (Wildman–Crippen LogP) is 2.58. The van der Waals surface area contributed by atoms with Gasteiger partial charge in [0.1, 0.15) is 0 Å². The van der Waals surface area contributed by atoms with Gasteiger partial charge in [-0.2, -0.15) is 0 Å². The number of hydrogen-bond acceptors (Lipinski definition) is 2. The first-order valence-electron chi connectivity index (χ1n) is 6.00. The van der Waals surface area contributed by atoms with E-state index in [0.29, 0.717) is 12.1 Å². The highest BCUT2D eigenvalue weighted by molar-refractivity contribution is 4.76. The molecule has 0 aromatic rings. The summed E-state index contributed by atoms with van der Waals surface area (Å²) in [4.78, 5) is 0. The van der Waals surface area contributed by atoms with Gasteiger partial charge in [0.2, 0.25) is 0 Å². The first-order chi connectivity index (χ1) is 6.74. The minimum atomic E-state index is 0.526. The minimum absolute atomic E-state index is 0.526. The molecule has 0 spiro atoms. The van der Waals surface area contributed by atoms with Crippen molar-refractivity contribution < 1.29 is 4.74 Å². The van der Waals surface area contributed by atoms with Crippen LogP contribution in [0.4, 0.5) is 0 Å². The molecule has 0 saturated heterocycles. The molecule has 0 bridgehead atoms. The maximum atomic E-state index is 5.53. The van der Waals surface area contributed by atoms with E-state index in [-0.39, 0.29) is 0 Å². The summed E-state index contributed by atoms with van der Waals surface area (Å²) in [5, 5.41) is 3.48. The molecule has 0 radical (unpaired) electrons. The summed E-state index contributed by atoms with van der Waals surface area (Å²) in [5.41, 5.74) is 0. The van der Waals surface area contributed by atoms with Crippen molar-refractivity contribution in [2.75, 3.05) is 13.7 Å². The number of ether oxygens (including phenoxy) is 1. The van der Waals surface area contributed by atoms with Gasteiger partial charge in [-0.25, -0.2) is 0 Å². The molecule has 14 heavy (non-hydrogen) atoms. The van der Waals surface area contributed by atoms with Crippen LogP contribution in [0.1, 0.15) is 46.0 Å². The summed E-state index contributed by atoms with van der Waals surface area (Å²) < 4.78 is 5.53. The first-order valence-corrected chi connectivity index (χ1v) is 6.00. The second-order valence-electron chi connectivity index (χ2n) is 4.72. The molecule has 0 heterocycles. The molecular formula is C12H25NO. The minimum Gasteiger partial charge on any atom is -0.381 e. The maximum Gasteiger partial charge on any atom is 0.0600 e. The smallest absolute Gasteiger partial charge is 0.0600 e. The zero-order chi connectivity index (χ0) is 10.4. The molecule has 1 N–H and O–H groups in total. The van der Waals surface area contributed by atoms with Crippen LogP contribution in [0.3, 0.4) is 0 Å². The highest BCUT2D eigenvalue weighted by Gasteiger charge is 2.24. The van der Waals surface area contributed by atoms with Crippen molar-refractivity contribution in [2.24, 2.45) is 5.92 Å². The van der Waals surface area contributed by atoms with Crippen molar-refractivity contribution in [3.8, 4) is 0 Å². The summed E-state index contributed by atoms with van der Waals surface area (Å²) >= 11 is 0. The summed E-state index contributed by atoms with van der Waals surface area (Å²) in [6.07, 6.45) is 7.18. The third kappa shape index (κ3) is 3.97. The van der Waals surface area contributed by atoms with Gasteiger partial charge in [-0.3, -0.25) is 0 Å². The molecule has 1 saturated carbocycles. The van der Waals surface area contributed by atoms with E-state index in [0.717, 1.165) is 12.5 Å². The Morgan fingerprint density at radius 1 is 1.29 bits per heavy atom. The third-order valence-electron chi connectivity index (χ3n) is 3.21. The van der Waals surface area contributed by atoms with Gasteiger partial charge in [0.25, 0.3) is 0 Å². The Morgan fingerprint density at radius 2 is 2.00 bits per heavy atom. The molecule has 0 aromatic carbocycles. The number of nitrogens with one attached hydrogen (secondary N) is 1. The van der Waals surface area contributed by atoms with Crippen LogP contribution in [-0.2, 0) is 4.74 Å². The van der Waals surface area contributed by atoms with E-state index in [1.165, 1.54) is 32.1 Å². The van der Waals surface area contributed by atoms with Gasteiger partial charge >= 0.3 is 0 Å². The zero-order valence-electron chi connectivity index (χ0n) is 9.88. The Kier molecular flexibility index (Phi) is 5.49. The first kappa shape index (κ1) is 12.0. The van der Waals surface area contributed by atoms with Crippen LogP contribution in [-0.4, -0.2) is 25.8 Å². The predicted molar refractivity (Wildman–Crippen MR) is 60.5 cm³/mol. The molecular weight excluding hydrogens is 174 g/mol. The monoisotopic (exact) mass is 199 g/mol. The standard InChI is InChI=1S/C12H25NO/c1-10(2)13-9-8-11-6-4-5-7-12(11)14-3/h10-13H,4-9H2,1-3H3/t11-,12+/m1/s1. The molecule has 0 aliphatic heterocycles. The number of rotatable bonds is 5. The number of hydrogen-bond donors (Lipinski definition) is 1. The van der Waals surface area contributed by atoms with E-state index >= 15 is 0 Å². The van der Waals surface area contributed by atoms with Gasteiger partial charge < -0.3 is 10.1 Å². The van der Waals surface area contributed by atoms with Crippen LogP contribution in [0.25, 0.3) is 0 Å². The number of methoxy groups -OCH3 is 1. The van der Waals surface area contributed by atoms with Gasteiger partial charge in [0.15, 0.2) is 0 Å². The molecule has 2 heteroatoms. The Morgan fingerprint density at radius 3 is 2.64 bits per heavy atom. The Bertz CT molecular complexity index is 147. The summed E-state index contributed by atoms with van der Waals surface area (Å²) in [7, 11) is 1.86. The SMILES string of the molecule is CO[C@H]1CCCC[C@@H]1CCNC(C)C. The lowest BCUT2D eigenvalue weighted by Gasteiger charge is -2.30. The van der Waals surface area contributed by atoms with Crippen LogP contribution < -0.4 is 5.32 Å². The van der Waals surface area contributed by atoms with E-state index in [2.05, 4.69) is 19.2 Å². The van der Waals surface area contributed by atoms with Crippen LogP contribution in [0.15, 0.2) is 0 Å². The molecule has 84 valence electrons. The molecule has 0 aromatic heterocycles. The van der Waals surface area contributed by atoms with Crippen LogP contribution in [0.2, 0.25) is 0 Å². The summed E-state index contributed by atoms with van der Waals surface area (Å²) in [6, 6.07) is 0.611. The summed E-state index contributed by atoms with van der Waals surface area (Å²) in [6.45, 7) is 5.55. The van der Waals surface area contributed by atoms with Crippen LogP contribution >= 0.6 is 0 Å². The summed E-state index contributed by atoms with van der Waals surface area (Å²) in [5.74, 6) is 0.792. The quantitative estimate of drug-likeness (QED) is 0.735. The van der Waals surface area contributed by atoms with E-state index in [1.807, 2.05) is 7.11 Å². The normalized spacial score (nSPS) is 28.3. The molecule has 2 nitrogen and oxygen atoms in total.